The van der Waals surface area contributed by atoms with E-state index in [1.54, 1.807) is 0 Å². The van der Waals surface area contributed by atoms with Gasteiger partial charge in [-0.25, -0.2) is 4.99 Å². The maximum absolute atomic E-state index is 12.3. The number of rotatable bonds is 5. The molecule has 0 saturated carbocycles. The van der Waals surface area contributed by atoms with Crippen LogP contribution in [0, 0.1) is 6.92 Å². The molecular formula is C24H19ClN2O2S. The van der Waals surface area contributed by atoms with Crippen molar-refractivity contribution in [1.82, 2.24) is 5.32 Å². The summed E-state index contributed by atoms with van der Waals surface area (Å²) in [4.78, 5) is 17.4. The van der Waals surface area contributed by atoms with E-state index in [0.29, 0.717) is 21.7 Å². The third-order valence-corrected chi connectivity index (χ3v) is 5.86. The maximum atomic E-state index is 12.3. The van der Waals surface area contributed by atoms with Gasteiger partial charge in [0.2, 0.25) is 0 Å². The summed E-state index contributed by atoms with van der Waals surface area (Å²) in [6.45, 7) is 2.42. The molecule has 1 aliphatic heterocycles. The Morgan fingerprint density at radius 1 is 1.03 bits per heavy atom. The average Bonchev–Trinajstić information content (AvgIpc) is 3.10. The lowest BCUT2D eigenvalue weighted by Gasteiger charge is -2.06. The summed E-state index contributed by atoms with van der Waals surface area (Å²) >= 11 is 7.46. The molecule has 30 heavy (non-hydrogen) atoms. The molecular weight excluding hydrogens is 416 g/mol. The minimum Gasteiger partial charge on any atom is -0.489 e. The van der Waals surface area contributed by atoms with Gasteiger partial charge in [-0.15, -0.1) is 0 Å². The fourth-order valence-corrected chi connectivity index (χ4v) is 3.86. The number of amidine groups is 1. The van der Waals surface area contributed by atoms with Gasteiger partial charge in [0.15, 0.2) is 5.17 Å². The number of ether oxygens (including phenoxy) is 1. The molecule has 1 heterocycles. The number of amides is 1. The first kappa shape index (κ1) is 20.3. The molecule has 6 heteroatoms. The van der Waals surface area contributed by atoms with Gasteiger partial charge in [0.25, 0.3) is 5.91 Å². The van der Waals surface area contributed by atoms with Crippen LogP contribution in [0.2, 0.25) is 5.02 Å². The van der Waals surface area contributed by atoms with E-state index in [0.717, 1.165) is 28.1 Å². The van der Waals surface area contributed by atoms with Crippen LogP contribution < -0.4 is 10.1 Å². The Morgan fingerprint density at radius 3 is 2.57 bits per heavy atom. The number of benzene rings is 3. The average molecular weight is 435 g/mol. The largest absolute Gasteiger partial charge is 0.489 e. The van der Waals surface area contributed by atoms with Crippen LogP contribution in [0.15, 0.2) is 82.7 Å². The molecule has 0 spiro atoms. The number of aliphatic imine (C=N–C) groups is 1. The molecule has 1 aliphatic rings. The second-order valence-electron chi connectivity index (χ2n) is 6.71. The SMILES string of the molecule is Cc1c(Cl)cccc1N=C1NC(=O)/C(=C/c2ccc(OCc3ccccc3)cc2)S1. The minimum absolute atomic E-state index is 0.164. The monoisotopic (exact) mass is 434 g/mol. The second kappa shape index (κ2) is 9.20. The highest BCUT2D eigenvalue weighted by molar-refractivity contribution is 8.18. The Bertz CT molecular complexity index is 1130. The van der Waals surface area contributed by atoms with Gasteiger partial charge >= 0.3 is 0 Å². The van der Waals surface area contributed by atoms with Gasteiger partial charge in [0.05, 0.1) is 10.6 Å². The normalized spacial score (nSPS) is 16.1. The molecule has 0 unspecified atom stereocenters. The van der Waals surface area contributed by atoms with Gasteiger partial charge in [-0.05, 0) is 65.7 Å². The molecule has 0 radical (unpaired) electrons. The highest BCUT2D eigenvalue weighted by atomic mass is 35.5. The zero-order valence-corrected chi connectivity index (χ0v) is 17.8. The molecule has 4 nitrogen and oxygen atoms in total. The van der Waals surface area contributed by atoms with Gasteiger partial charge in [0, 0.05) is 5.02 Å². The number of carbonyl (C=O) groups excluding carboxylic acids is 1. The van der Waals surface area contributed by atoms with E-state index in [4.69, 9.17) is 16.3 Å². The maximum Gasteiger partial charge on any atom is 0.264 e. The van der Waals surface area contributed by atoms with E-state index in [2.05, 4.69) is 10.3 Å². The van der Waals surface area contributed by atoms with E-state index in [-0.39, 0.29) is 5.91 Å². The van der Waals surface area contributed by atoms with E-state index < -0.39 is 0 Å². The van der Waals surface area contributed by atoms with Crippen LogP contribution in [0.1, 0.15) is 16.7 Å². The fourth-order valence-electron chi connectivity index (χ4n) is 2.86. The van der Waals surface area contributed by atoms with E-state index >= 15 is 0 Å². The fraction of sp³-hybridized carbons (Fsp3) is 0.0833. The summed E-state index contributed by atoms with van der Waals surface area (Å²) in [6, 6.07) is 23.2. The molecule has 0 aromatic heterocycles. The van der Waals surface area contributed by atoms with Crippen LogP contribution in [-0.2, 0) is 11.4 Å². The van der Waals surface area contributed by atoms with Gasteiger partial charge in [-0.1, -0.05) is 60.1 Å². The first-order valence-electron chi connectivity index (χ1n) is 9.40. The van der Waals surface area contributed by atoms with Crippen molar-refractivity contribution < 1.29 is 9.53 Å². The third kappa shape index (κ3) is 4.93. The number of hydrogen-bond acceptors (Lipinski definition) is 4. The van der Waals surface area contributed by atoms with Gasteiger partial charge in [-0.2, -0.15) is 0 Å². The van der Waals surface area contributed by atoms with Crippen molar-refractivity contribution in [3.63, 3.8) is 0 Å². The van der Waals surface area contributed by atoms with Gasteiger partial charge in [0.1, 0.15) is 12.4 Å². The summed E-state index contributed by atoms with van der Waals surface area (Å²) in [6.07, 6.45) is 1.84. The zero-order valence-electron chi connectivity index (χ0n) is 16.3. The lowest BCUT2D eigenvalue weighted by Crippen LogP contribution is -2.19. The van der Waals surface area contributed by atoms with Crippen LogP contribution in [-0.4, -0.2) is 11.1 Å². The van der Waals surface area contributed by atoms with E-state index in [1.165, 1.54) is 11.8 Å². The molecule has 0 bridgehead atoms. The topological polar surface area (TPSA) is 50.7 Å². The van der Waals surface area contributed by atoms with Crippen molar-refractivity contribution >= 4 is 46.2 Å². The Kier molecular flexibility index (Phi) is 6.21. The molecule has 1 N–H and O–H groups in total. The predicted molar refractivity (Wildman–Crippen MR) is 124 cm³/mol. The highest BCUT2D eigenvalue weighted by Gasteiger charge is 2.24. The number of carbonyl (C=O) groups is 1. The number of halogens is 1. The molecule has 0 atom stereocenters. The summed E-state index contributed by atoms with van der Waals surface area (Å²) < 4.78 is 5.81. The Hall–Kier alpha value is -3.02. The second-order valence-corrected chi connectivity index (χ2v) is 8.15. The number of hydrogen-bond donors (Lipinski definition) is 1. The van der Waals surface area contributed by atoms with Crippen LogP contribution >= 0.6 is 23.4 Å². The van der Waals surface area contributed by atoms with Crippen molar-refractivity contribution in [3.05, 3.63) is 99.4 Å². The molecule has 1 saturated heterocycles. The van der Waals surface area contributed by atoms with Crippen LogP contribution in [0.3, 0.4) is 0 Å². The predicted octanol–water partition coefficient (Wildman–Crippen LogP) is 6.12. The number of nitrogens with one attached hydrogen (secondary N) is 1. The molecule has 0 aliphatic carbocycles. The zero-order chi connectivity index (χ0) is 20.9. The van der Waals surface area contributed by atoms with Crippen molar-refractivity contribution in [2.75, 3.05) is 0 Å². The summed E-state index contributed by atoms with van der Waals surface area (Å²) in [5.74, 6) is 0.617. The molecule has 4 rings (SSSR count). The van der Waals surface area contributed by atoms with Crippen LogP contribution in [0.5, 0.6) is 5.75 Å². The highest BCUT2D eigenvalue weighted by Crippen LogP contribution is 2.31. The van der Waals surface area contributed by atoms with Crippen molar-refractivity contribution in [2.45, 2.75) is 13.5 Å². The first-order chi connectivity index (χ1) is 14.6. The quantitative estimate of drug-likeness (QED) is 0.492. The van der Waals surface area contributed by atoms with Crippen molar-refractivity contribution in [3.8, 4) is 5.75 Å². The standard InChI is InChI=1S/C24H19ClN2O2S/c1-16-20(25)8-5-9-21(16)26-24-27-23(28)22(30-24)14-17-10-12-19(13-11-17)29-15-18-6-3-2-4-7-18/h2-14H,15H2,1H3,(H,26,27,28)/b22-14-. The Morgan fingerprint density at radius 2 is 1.80 bits per heavy atom. The van der Waals surface area contributed by atoms with Crippen molar-refractivity contribution in [1.29, 1.82) is 0 Å². The van der Waals surface area contributed by atoms with Crippen molar-refractivity contribution in [2.24, 2.45) is 4.99 Å². The first-order valence-corrected chi connectivity index (χ1v) is 10.6. The van der Waals surface area contributed by atoms with Gasteiger partial charge < -0.3 is 10.1 Å². The molecule has 3 aromatic carbocycles. The molecule has 1 fully saturated rings. The lowest BCUT2D eigenvalue weighted by atomic mass is 10.2. The van der Waals surface area contributed by atoms with Gasteiger partial charge in [-0.3, -0.25) is 4.79 Å². The third-order valence-electron chi connectivity index (χ3n) is 4.54. The molecule has 3 aromatic rings. The van der Waals surface area contributed by atoms with Crippen LogP contribution in [0.25, 0.3) is 6.08 Å². The summed E-state index contributed by atoms with van der Waals surface area (Å²) in [5.41, 5.74) is 3.65. The minimum atomic E-state index is -0.164. The molecule has 150 valence electrons. The summed E-state index contributed by atoms with van der Waals surface area (Å²) in [7, 11) is 0. The Labute approximate surface area is 184 Å². The number of nitrogens with zero attached hydrogens (tertiary/aromatic N) is 1. The summed E-state index contributed by atoms with van der Waals surface area (Å²) in [5, 5.41) is 4.00. The van der Waals surface area contributed by atoms with E-state index in [9.17, 15) is 4.79 Å². The lowest BCUT2D eigenvalue weighted by molar-refractivity contribution is -0.115. The van der Waals surface area contributed by atoms with E-state index in [1.807, 2.05) is 85.8 Å². The molecule has 1 amide bonds. The van der Waals surface area contributed by atoms with Crippen LogP contribution in [0.4, 0.5) is 5.69 Å². The number of thioether (sulfide) groups is 1. The smallest absolute Gasteiger partial charge is 0.264 e. The Balaban J connectivity index is 1.43.